The van der Waals surface area contributed by atoms with Crippen molar-refractivity contribution >= 4 is 30.9 Å². The predicted octanol–water partition coefficient (Wildman–Crippen LogP) is 2.82. The normalized spacial score (nSPS) is 21.0. The smallest absolute Gasteiger partial charge is 0.407 e. The molecule has 2 rings (SSSR count). The summed E-state index contributed by atoms with van der Waals surface area (Å²) in [4.78, 5) is 14.3. The largest absolute Gasteiger partial charge is 0.444 e. The Balaban J connectivity index is 0.00000242. The van der Waals surface area contributed by atoms with Crippen molar-refractivity contribution in [3.63, 3.8) is 0 Å². The van der Waals surface area contributed by atoms with E-state index in [1.54, 1.807) is 0 Å². The van der Waals surface area contributed by atoms with E-state index in [4.69, 9.17) is 4.74 Å². The number of carbonyl (C=O) groups is 1. The van der Waals surface area contributed by atoms with E-state index in [2.05, 4.69) is 15.5 Å². The van der Waals surface area contributed by atoms with Gasteiger partial charge in [0.15, 0.2) is 0 Å². The molecule has 2 fully saturated rings. The maximum atomic E-state index is 11.8. The molecule has 1 amide bonds. The van der Waals surface area contributed by atoms with Gasteiger partial charge in [0.25, 0.3) is 0 Å². The number of ether oxygens (including phenoxy) is 1. The average molecular weight is 370 g/mol. The number of hydrogen-bond acceptors (Lipinski definition) is 4. The lowest BCUT2D eigenvalue weighted by molar-refractivity contribution is 0.0474. The van der Waals surface area contributed by atoms with E-state index in [0.717, 1.165) is 31.8 Å². The minimum absolute atomic E-state index is 0. The molecule has 2 saturated heterocycles. The Hall–Kier alpha value is -0.230. The second kappa shape index (κ2) is 10.6. The molecular formula is C16H33Cl2N3O2. The van der Waals surface area contributed by atoms with Crippen LogP contribution in [-0.4, -0.2) is 55.4 Å². The fourth-order valence-electron chi connectivity index (χ4n) is 3.16. The molecule has 0 spiro atoms. The summed E-state index contributed by atoms with van der Waals surface area (Å²) >= 11 is 0. The van der Waals surface area contributed by atoms with E-state index in [9.17, 15) is 4.79 Å². The van der Waals surface area contributed by atoms with Crippen LogP contribution in [0.1, 0.15) is 46.5 Å². The number of amides is 1. The van der Waals surface area contributed by atoms with E-state index in [0.29, 0.717) is 0 Å². The molecule has 23 heavy (non-hydrogen) atoms. The molecule has 0 atom stereocenters. The van der Waals surface area contributed by atoms with E-state index in [1.807, 2.05) is 20.8 Å². The first kappa shape index (κ1) is 22.8. The minimum Gasteiger partial charge on any atom is -0.444 e. The lowest BCUT2D eigenvalue weighted by Crippen LogP contribution is -2.47. The van der Waals surface area contributed by atoms with Crippen LogP contribution in [0.5, 0.6) is 0 Å². The highest BCUT2D eigenvalue weighted by Gasteiger charge is 2.25. The fourth-order valence-corrected chi connectivity index (χ4v) is 3.16. The molecular weight excluding hydrogens is 337 g/mol. The van der Waals surface area contributed by atoms with Crippen molar-refractivity contribution in [1.29, 1.82) is 0 Å². The molecule has 2 aliphatic rings. The maximum absolute atomic E-state index is 11.8. The molecule has 2 heterocycles. The summed E-state index contributed by atoms with van der Waals surface area (Å²) < 4.78 is 5.32. The zero-order valence-electron chi connectivity index (χ0n) is 14.6. The molecule has 0 saturated carbocycles. The third-order valence-electron chi connectivity index (χ3n) is 4.28. The molecule has 0 aromatic rings. The van der Waals surface area contributed by atoms with Crippen molar-refractivity contribution in [2.24, 2.45) is 5.92 Å². The van der Waals surface area contributed by atoms with Crippen LogP contribution in [0.3, 0.4) is 0 Å². The summed E-state index contributed by atoms with van der Waals surface area (Å²) in [5.41, 5.74) is -0.417. The minimum atomic E-state index is -0.417. The Kier molecular flexibility index (Phi) is 10.5. The van der Waals surface area contributed by atoms with Crippen LogP contribution in [0, 0.1) is 5.92 Å². The Morgan fingerprint density at radius 2 is 1.70 bits per heavy atom. The van der Waals surface area contributed by atoms with Crippen LogP contribution in [-0.2, 0) is 4.74 Å². The van der Waals surface area contributed by atoms with E-state index >= 15 is 0 Å². The molecule has 2 N–H and O–H groups in total. The molecule has 2 aliphatic heterocycles. The summed E-state index contributed by atoms with van der Waals surface area (Å²) in [6.45, 7) is 11.4. The van der Waals surface area contributed by atoms with E-state index in [1.165, 1.54) is 32.5 Å². The third kappa shape index (κ3) is 8.99. The molecule has 138 valence electrons. The highest BCUT2D eigenvalue weighted by Crippen LogP contribution is 2.18. The number of halogens is 2. The molecule has 0 bridgehead atoms. The summed E-state index contributed by atoms with van der Waals surface area (Å²) in [7, 11) is 0. The second-order valence-electron chi connectivity index (χ2n) is 7.41. The summed E-state index contributed by atoms with van der Waals surface area (Å²) in [6, 6.07) is 0.268. The number of carbonyl (C=O) groups excluding carboxylic acids is 1. The standard InChI is InChI=1S/C16H31N3O2.2ClH/c1-16(2,3)21-15(20)18-14-6-10-19(11-7-14)12-13-4-8-17-9-5-13;;/h13-14,17H,4-12H2,1-3H3,(H,18,20);2*1H. The van der Waals surface area contributed by atoms with Crippen molar-refractivity contribution in [3.05, 3.63) is 0 Å². The van der Waals surface area contributed by atoms with Crippen molar-refractivity contribution in [3.8, 4) is 0 Å². The molecule has 5 nitrogen and oxygen atoms in total. The molecule has 0 aliphatic carbocycles. The van der Waals surface area contributed by atoms with Crippen molar-refractivity contribution in [2.45, 2.75) is 58.1 Å². The molecule has 7 heteroatoms. The van der Waals surface area contributed by atoms with Crippen molar-refractivity contribution in [2.75, 3.05) is 32.7 Å². The van der Waals surface area contributed by atoms with Gasteiger partial charge in [-0.15, -0.1) is 24.8 Å². The quantitative estimate of drug-likeness (QED) is 0.802. The van der Waals surface area contributed by atoms with Gasteiger partial charge >= 0.3 is 6.09 Å². The van der Waals surface area contributed by atoms with Gasteiger partial charge in [0.05, 0.1) is 0 Å². The number of nitrogens with one attached hydrogen (secondary N) is 2. The molecule has 0 aromatic heterocycles. The highest BCUT2D eigenvalue weighted by molar-refractivity contribution is 5.85. The van der Waals surface area contributed by atoms with Crippen molar-refractivity contribution in [1.82, 2.24) is 15.5 Å². The summed E-state index contributed by atoms with van der Waals surface area (Å²) in [6.07, 6.45) is 4.39. The highest BCUT2D eigenvalue weighted by atomic mass is 35.5. The Labute approximate surface area is 153 Å². The molecule has 0 unspecified atom stereocenters. The van der Waals surface area contributed by atoms with Gasteiger partial charge in [0, 0.05) is 25.7 Å². The summed E-state index contributed by atoms with van der Waals surface area (Å²) in [5.74, 6) is 0.849. The Morgan fingerprint density at radius 1 is 1.13 bits per heavy atom. The Morgan fingerprint density at radius 3 is 2.22 bits per heavy atom. The predicted molar refractivity (Wildman–Crippen MR) is 98.9 cm³/mol. The van der Waals surface area contributed by atoms with Crippen LogP contribution in [0.25, 0.3) is 0 Å². The number of piperidine rings is 2. The van der Waals surface area contributed by atoms with Crippen LogP contribution in [0.4, 0.5) is 4.79 Å². The van der Waals surface area contributed by atoms with Crippen LogP contribution < -0.4 is 10.6 Å². The van der Waals surface area contributed by atoms with E-state index < -0.39 is 5.60 Å². The zero-order valence-corrected chi connectivity index (χ0v) is 16.2. The fraction of sp³-hybridized carbons (Fsp3) is 0.938. The molecule has 0 radical (unpaired) electrons. The first-order valence-corrected chi connectivity index (χ1v) is 8.35. The number of likely N-dealkylation sites (tertiary alicyclic amines) is 1. The first-order valence-electron chi connectivity index (χ1n) is 8.35. The van der Waals surface area contributed by atoms with E-state index in [-0.39, 0.29) is 36.9 Å². The van der Waals surface area contributed by atoms with Crippen LogP contribution in [0.15, 0.2) is 0 Å². The van der Waals surface area contributed by atoms with Crippen LogP contribution in [0.2, 0.25) is 0 Å². The lowest BCUT2D eigenvalue weighted by Gasteiger charge is -2.35. The van der Waals surface area contributed by atoms with Gasteiger partial charge < -0.3 is 20.3 Å². The molecule has 0 aromatic carbocycles. The van der Waals surface area contributed by atoms with Crippen molar-refractivity contribution < 1.29 is 9.53 Å². The first-order chi connectivity index (χ1) is 9.92. The Bertz CT molecular complexity index is 337. The van der Waals surface area contributed by atoms with Gasteiger partial charge in [0.1, 0.15) is 5.60 Å². The topological polar surface area (TPSA) is 53.6 Å². The van der Waals surface area contributed by atoms with Gasteiger partial charge in [-0.3, -0.25) is 0 Å². The number of rotatable bonds is 3. The lowest BCUT2D eigenvalue weighted by atomic mass is 9.96. The van der Waals surface area contributed by atoms with Gasteiger partial charge in [-0.05, 0) is 65.5 Å². The number of nitrogens with zero attached hydrogens (tertiary/aromatic N) is 1. The van der Waals surface area contributed by atoms with Gasteiger partial charge in [-0.1, -0.05) is 0 Å². The second-order valence-corrected chi connectivity index (χ2v) is 7.41. The third-order valence-corrected chi connectivity index (χ3v) is 4.28. The van der Waals surface area contributed by atoms with Gasteiger partial charge in [-0.2, -0.15) is 0 Å². The number of alkyl carbamates (subject to hydrolysis) is 1. The van der Waals surface area contributed by atoms with Gasteiger partial charge in [0.2, 0.25) is 0 Å². The van der Waals surface area contributed by atoms with Crippen LogP contribution >= 0.6 is 24.8 Å². The monoisotopic (exact) mass is 369 g/mol. The average Bonchev–Trinajstić information content (AvgIpc) is 2.40. The maximum Gasteiger partial charge on any atom is 0.407 e. The zero-order chi connectivity index (χ0) is 15.3. The summed E-state index contributed by atoms with van der Waals surface area (Å²) in [5, 5.41) is 6.42. The van der Waals surface area contributed by atoms with Gasteiger partial charge in [-0.25, -0.2) is 4.79 Å². The SMILES string of the molecule is CC(C)(C)OC(=O)NC1CCN(CC2CCNCC2)CC1.Cl.Cl. The number of hydrogen-bond donors (Lipinski definition) is 2.